The zero-order valence-electron chi connectivity index (χ0n) is 14.6. The highest BCUT2D eigenvalue weighted by Gasteiger charge is 2.72. The Hall–Kier alpha value is -1.81. The Morgan fingerprint density at radius 1 is 1.33 bits per heavy atom. The number of hydrogen-bond donors (Lipinski definition) is 0. The fraction of sp³-hybridized carbons (Fsp3) is 0.550. The van der Waals surface area contributed by atoms with Crippen molar-refractivity contribution in [3.8, 4) is 0 Å². The molecule has 4 bridgehead atoms. The van der Waals surface area contributed by atoms with Crippen LogP contribution >= 0.6 is 0 Å². The van der Waals surface area contributed by atoms with Gasteiger partial charge in [-0.05, 0) is 57.2 Å². The summed E-state index contributed by atoms with van der Waals surface area (Å²) < 4.78 is 17.5. The molecule has 0 saturated carbocycles. The Kier molecular flexibility index (Phi) is 3.50. The van der Waals surface area contributed by atoms with Crippen molar-refractivity contribution in [1.82, 2.24) is 0 Å². The Morgan fingerprint density at radius 3 is 2.83 bits per heavy atom. The number of hydrogen-bond acceptors (Lipinski definition) is 4. The molecule has 3 aliphatic rings. The van der Waals surface area contributed by atoms with E-state index in [-0.39, 0.29) is 24.1 Å². The molecule has 4 rings (SSSR count). The minimum Gasteiger partial charge on any atom is -0.461 e. The second kappa shape index (κ2) is 5.35. The molecule has 24 heavy (non-hydrogen) atoms. The van der Waals surface area contributed by atoms with E-state index in [0.717, 1.165) is 35.5 Å². The second-order valence-electron chi connectivity index (χ2n) is 7.61. The van der Waals surface area contributed by atoms with Crippen LogP contribution in [0, 0.1) is 12.8 Å². The Morgan fingerprint density at radius 2 is 2.12 bits per heavy atom. The lowest BCUT2D eigenvalue weighted by molar-refractivity contribution is -0.154. The summed E-state index contributed by atoms with van der Waals surface area (Å²) in [5.41, 5.74) is 2.72. The summed E-state index contributed by atoms with van der Waals surface area (Å²) in [6, 6.07) is 2.08. The van der Waals surface area contributed by atoms with Gasteiger partial charge in [-0.3, -0.25) is 0 Å². The van der Waals surface area contributed by atoms with Crippen LogP contribution < -0.4 is 0 Å². The van der Waals surface area contributed by atoms with E-state index < -0.39 is 5.60 Å². The number of ether oxygens (including phenoxy) is 2. The van der Waals surface area contributed by atoms with Gasteiger partial charge in [-0.1, -0.05) is 17.7 Å². The first-order chi connectivity index (χ1) is 11.4. The Balaban J connectivity index is 1.70. The van der Waals surface area contributed by atoms with Crippen LogP contribution in [-0.2, 0) is 20.7 Å². The molecule has 1 aromatic rings. The summed E-state index contributed by atoms with van der Waals surface area (Å²) in [5.74, 6) is 1.98. The van der Waals surface area contributed by atoms with Crippen molar-refractivity contribution in [2.75, 3.05) is 0 Å². The molecule has 3 aliphatic heterocycles. The first-order valence-corrected chi connectivity index (χ1v) is 8.70. The van der Waals surface area contributed by atoms with E-state index >= 15 is 0 Å². The van der Waals surface area contributed by atoms with Gasteiger partial charge in [0.25, 0.3) is 0 Å². The van der Waals surface area contributed by atoms with E-state index in [1.54, 1.807) is 0 Å². The lowest BCUT2D eigenvalue weighted by Crippen LogP contribution is -2.24. The van der Waals surface area contributed by atoms with Gasteiger partial charge in [0.1, 0.15) is 23.7 Å². The molecule has 4 atom stereocenters. The zero-order chi connectivity index (χ0) is 17.1. The molecule has 4 heteroatoms. The Bertz CT molecular complexity index is 741. The highest BCUT2D eigenvalue weighted by Crippen LogP contribution is 2.52. The van der Waals surface area contributed by atoms with Crippen molar-refractivity contribution in [2.45, 2.75) is 64.3 Å². The summed E-state index contributed by atoms with van der Waals surface area (Å²) in [4.78, 5) is 12.3. The number of epoxide rings is 1. The van der Waals surface area contributed by atoms with Crippen LogP contribution in [0.2, 0.25) is 0 Å². The van der Waals surface area contributed by atoms with Crippen LogP contribution in [0.1, 0.15) is 50.2 Å². The molecule has 4 heterocycles. The smallest absolute Gasteiger partial charge is 0.341 e. The van der Waals surface area contributed by atoms with Gasteiger partial charge < -0.3 is 13.9 Å². The van der Waals surface area contributed by atoms with E-state index in [9.17, 15) is 4.79 Å². The number of furan rings is 1. The van der Waals surface area contributed by atoms with Gasteiger partial charge in [-0.15, -0.1) is 0 Å². The number of fused-ring (bicyclic) bond motifs is 2. The maximum Gasteiger partial charge on any atom is 0.341 e. The van der Waals surface area contributed by atoms with Crippen LogP contribution in [-0.4, -0.2) is 23.8 Å². The fourth-order valence-electron chi connectivity index (χ4n) is 4.06. The third kappa shape index (κ3) is 2.44. The van der Waals surface area contributed by atoms with E-state index in [0.29, 0.717) is 12.8 Å². The predicted molar refractivity (Wildman–Crippen MR) is 90.4 cm³/mol. The van der Waals surface area contributed by atoms with Crippen molar-refractivity contribution < 1.29 is 18.7 Å². The standard InChI is InChI=1S/C20H24O4/c1-11(2)14-5-6-20-18(24-20)17(23-19(20)21)8-12(3)7-15-9-13(4)16(10-14)22-15/h7,9,14,17-18H,1,5-6,8,10H2,2-4H3/b12-7-/t14?,17-,18-,20-/m1/s1. The topological polar surface area (TPSA) is 52.0 Å². The molecular formula is C20H24O4. The summed E-state index contributed by atoms with van der Waals surface area (Å²) in [6.07, 6.45) is 4.83. The molecule has 1 unspecified atom stereocenters. The number of esters is 1. The third-order valence-electron chi connectivity index (χ3n) is 5.63. The average Bonchev–Trinajstić information content (AvgIpc) is 3.06. The van der Waals surface area contributed by atoms with Gasteiger partial charge in [-0.25, -0.2) is 4.79 Å². The average molecular weight is 328 g/mol. The van der Waals surface area contributed by atoms with Gasteiger partial charge in [0.2, 0.25) is 0 Å². The van der Waals surface area contributed by atoms with Crippen molar-refractivity contribution >= 4 is 12.0 Å². The molecule has 128 valence electrons. The van der Waals surface area contributed by atoms with E-state index in [1.165, 1.54) is 5.56 Å². The maximum absolute atomic E-state index is 12.3. The van der Waals surface area contributed by atoms with Crippen molar-refractivity contribution in [3.63, 3.8) is 0 Å². The minimum atomic E-state index is -0.699. The van der Waals surface area contributed by atoms with Crippen molar-refractivity contribution in [2.24, 2.45) is 5.92 Å². The van der Waals surface area contributed by atoms with Crippen LogP contribution in [0.5, 0.6) is 0 Å². The molecule has 4 nitrogen and oxygen atoms in total. The first kappa shape index (κ1) is 15.7. The number of aryl methyl sites for hydroxylation is 1. The largest absolute Gasteiger partial charge is 0.461 e. The SMILES string of the molecule is C=C(C)C1CC[C@@]23O[C@@H]2[C@@H](C/C(C)=C\c2cc(C)c(o2)C1)OC3=O. The summed E-state index contributed by atoms with van der Waals surface area (Å²) in [6.45, 7) is 10.3. The van der Waals surface area contributed by atoms with Gasteiger partial charge in [-0.2, -0.15) is 0 Å². The molecule has 2 saturated heterocycles. The monoisotopic (exact) mass is 328 g/mol. The van der Waals surface area contributed by atoms with Crippen molar-refractivity contribution in [1.29, 1.82) is 0 Å². The van der Waals surface area contributed by atoms with Crippen molar-refractivity contribution in [3.05, 3.63) is 40.9 Å². The lowest BCUT2D eigenvalue weighted by Gasteiger charge is -2.18. The van der Waals surface area contributed by atoms with Crippen LogP contribution in [0.4, 0.5) is 0 Å². The fourth-order valence-corrected chi connectivity index (χ4v) is 4.06. The molecule has 0 aromatic carbocycles. The van der Waals surface area contributed by atoms with E-state index in [1.807, 2.05) is 19.9 Å². The number of rotatable bonds is 1. The second-order valence-corrected chi connectivity index (χ2v) is 7.61. The molecule has 0 spiro atoms. The quantitative estimate of drug-likeness (QED) is 0.445. The summed E-state index contributed by atoms with van der Waals surface area (Å²) in [5, 5.41) is 0. The summed E-state index contributed by atoms with van der Waals surface area (Å²) in [7, 11) is 0. The van der Waals surface area contributed by atoms with E-state index in [2.05, 4.69) is 19.6 Å². The highest BCUT2D eigenvalue weighted by molar-refractivity contribution is 5.86. The van der Waals surface area contributed by atoms with Crippen LogP contribution in [0.25, 0.3) is 6.08 Å². The molecule has 0 N–H and O–H groups in total. The van der Waals surface area contributed by atoms with E-state index in [4.69, 9.17) is 13.9 Å². The summed E-state index contributed by atoms with van der Waals surface area (Å²) >= 11 is 0. The molecule has 1 aromatic heterocycles. The van der Waals surface area contributed by atoms with Crippen LogP contribution in [0.15, 0.2) is 28.2 Å². The highest BCUT2D eigenvalue weighted by atomic mass is 16.7. The molecule has 0 radical (unpaired) electrons. The normalized spacial score (nSPS) is 37.2. The number of allylic oxidation sites excluding steroid dienone is 1. The molecule has 2 fully saturated rings. The number of carbonyl (C=O) groups is 1. The first-order valence-electron chi connectivity index (χ1n) is 8.70. The maximum atomic E-state index is 12.3. The van der Waals surface area contributed by atoms with Gasteiger partial charge >= 0.3 is 5.97 Å². The molecule has 0 amide bonds. The van der Waals surface area contributed by atoms with Crippen LogP contribution in [0.3, 0.4) is 0 Å². The Labute approximate surface area is 142 Å². The lowest BCUT2D eigenvalue weighted by atomic mass is 9.86. The molecule has 0 aliphatic carbocycles. The van der Waals surface area contributed by atoms with Gasteiger partial charge in [0.15, 0.2) is 5.60 Å². The predicted octanol–water partition coefficient (Wildman–Crippen LogP) is 3.97. The zero-order valence-corrected chi connectivity index (χ0v) is 14.6. The number of carbonyl (C=O) groups excluding carboxylic acids is 1. The third-order valence-corrected chi connectivity index (χ3v) is 5.63. The molecular weight excluding hydrogens is 304 g/mol. The van der Waals surface area contributed by atoms with Gasteiger partial charge in [0, 0.05) is 12.8 Å². The minimum absolute atomic E-state index is 0.0899. The van der Waals surface area contributed by atoms with Gasteiger partial charge in [0.05, 0.1) is 0 Å².